The summed E-state index contributed by atoms with van der Waals surface area (Å²) in [7, 11) is 2.03. The molecule has 1 aromatic heterocycles. The zero-order valence-electron chi connectivity index (χ0n) is 10.6. The van der Waals surface area contributed by atoms with Gasteiger partial charge in [-0.1, -0.05) is 11.6 Å². The first-order chi connectivity index (χ1) is 9.02. The van der Waals surface area contributed by atoms with E-state index in [9.17, 15) is 10.1 Å². The van der Waals surface area contributed by atoms with E-state index in [0.717, 1.165) is 19.6 Å². The van der Waals surface area contributed by atoms with Crippen molar-refractivity contribution in [2.45, 2.75) is 6.04 Å². The Balaban J connectivity index is 2.28. The van der Waals surface area contributed by atoms with Crippen LogP contribution in [0.15, 0.2) is 12.3 Å². The van der Waals surface area contributed by atoms with Crippen molar-refractivity contribution in [3.05, 3.63) is 27.4 Å². The van der Waals surface area contributed by atoms with Gasteiger partial charge in [0.2, 0.25) is 0 Å². The van der Waals surface area contributed by atoms with Crippen LogP contribution in [-0.2, 0) is 0 Å². The highest BCUT2D eigenvalue weighted by molar-refractivity contribution is 6.33. The third-order valence-corrected chi connectivity index (χ3v) is 3.53. The quantitative estimate of drug-likeness (QED) is 0.650. The van der Waals surface area contributed by atoms with Crippen LogP contribution in [0.2, 0.25) is 5.02 Å². The van der Waals surface area contributed by atoms with Gasteiger partial charge in [-0.15, -0.1) is 0 Å². The summed E-state index contributed by atoms with van der Waals surface area (Å²) < 4.78 is 0. The molecule has 1 aliphatic heterocycles. The van der Waals surface area contributed by atoms with Crippen LogP contribution in [0.1, 0.15) is 0 Å². The van der Waals surface area contributed by atoms with Crippen LogP contribution in [0.5, 0.6) is 0 Å². The highest BCUT2D eigenvalue weighted by Gasteiger charge is 2.27. The van der Waals surface area contributed by atoms with Gasteiger partial charge in [0.25, 0.3) is 5.69 Å². The Labute approximate surface area is 116 Å². The molecule has 19 heavy (non-hydrogen) atoms. The molecular formula is C11H16ClN5O2. The van der Waals surface area contributed by atoms with Gasteiger partial charge in [0.1, 0.15) is 12.0 Å². The van der Waals surface area contributed by atoms with E-state index in [2.05, 4.69) is 9.88 Å². The summed E-state index contributed by atoms with van der Waals surface area (Å²) in [5, 5.41) is 11.0. The SMILES string of the molecule is CN1CCN(c2ncc([N+](=O)[O-])cc2Cl)C(CN)C1. The molecule has 1 aromatic rings. The average molecular weight is 286 g/mol. The molecule has 1 aliphatic rings. The standard InChI is InChI=1S/C11H16ClN5O2/c1-15-2-3-16(9(5-13)7-15)11-10(12)4-8(6-14-11)17(18)19/h4,6,9H,2-3,5,7,13H2,1H3. The minimum Gasteiger partial charge on any atom is -0.349 e. The van der Waals surface area contributed by atoms with Crippen molar-refractivity contribution in [3.8, 4) is 0 Å². The van der Waals surface area contributed by atoms with Crippen LogP contribution < -0.4 is 10.6 Å². The molecule has 1 saturated heterocycles. The predicted molar refractivity (Wildman–Crippen MR) is 73.6 cm³/mol. The number of pyridine rings is 1. The van der Waals surface area contributed by atoms with E-state index in [-0.39, 0.29) is 16.8 Å². The van der Waals surface area contributed by atoms with Crippen molar-refractivity contribution in [1.82, 2.24) is 9.88 Å². The van der Waals surface area contributed by atoms with E-state index in [1.54, 1.807) is 0 Å². The van der Waals surface area contributed by atoms with Gasteiger partial charge < -0.3 is 15.5 Å². The number of anilines is 1. The molecule has 1 fully saturated rings. The van der Waals surface area contributed by atoms with E-state index >= 15 is 0 Å². The van der Waals surface area contributed by atoms with Crippen molar-refractivity contribution in [2.75, 3.05) is 38.1 Å². The van der Waals surface area contributed by atoms with E-state index in [0.29, 0.717) is 12.4 Å². The molecule has 0 aromatic carbocycles. The van der Waals surface area contributed by atoms with Gasteiger partial charge in [-0.3, -0.25) is 10.1 Å². The molecule has 8 heteroatoms. The summed E-state index contributed by atoms with van der Waals surface area (Å²) in [4.78, 5) is 18.5. The summed E-state index contributed by atoms with van der Waals surface area (Å²) >= 11 is 6.10. The van der Waals surface area contributed by atoms with Crippen LogP contribution in [0.3, 0.4) is 0 Å². The monoisotopic (exact) mass is 285 g/mol. The largest absolute Gasteiger partial charge is 0.349 e. The molecule has 0 bridgehead atoms. The molecule has 7 nitrogen and oxygen atoms in total. The molecule has 0 aliphatic carbocycles. The second-order valence-corrected chi connectivity index (χ2v) is 5.01. The Morgan fingerprint density at radius 3 is 2.95 bits per heavy atom. The lowest BCUT2D eigenvalue weighted by atomic mass is 10.1. The number of nitro groups is 1. The van der Waals surface area contributed by atoms with Crippen molar-refractivity contribution < 1.29 is 4.92 Å². The van der Waals surface area contributed by atoms with Crippen LogP contribution >= 0.6 is 11.6 Å². The number of halogens is 1. The second-order valence-electron chi connectivity index (χ2n) is 4.60. The van der Waals surface area contributed by atoms with Gasteiger partial charge in [-0.05, 0) is 7.05 Å². The van der Waals surface area contributed by atoms with Crippen molar-refractivity contribution >= 4 is 23.1 Å². The van der Waals surface area contributed by atoms with Crippen LogP contribution in [0.25, 0.3) is 0 Å². The molecule has 0 radical (unpaired) electrons. The Hall–Kier alpha value is -1.44. The first-order valence-electron chi connectivity index (χ1n) is 5.98. The first-order valence-corrected chi connectivity index (χ1v) is 6.36. The molecule has 1 unspecified atom stereocenters. The van der Waals surface area contributed by atoms with Gasteiger partial charge in [-0.25, -0.2) is 4.98 Å². The van der Waals surface area contributed by atoms with Crippen molar-refractivity contribution in [3.63, 3.8) is 0 Å². The predicted octanol–water partition coefficient (Wildman–Crippen LogP) is 0.722. The molecule has 104 valence electrons. The zero-order valence-corrected chi connectivity index (χ0v) is 11.4. The van der Waals surface area contributed by atoms with Gasteiger partial charge in [-0.2, -0.15) is 0 Å². The average Bonchev–Trinajstić information content (AvgIpc) is 2.38. The normalized spacial score (nSPS) is 20.6. The number of rotatable bonds is 3. The van der Waals surface area contributed by atoms with Gasteiger partial charge in [0, 0.05) is 32.2 Å². The first kappa shape index (κ1) is 14.0. The van der Waals surface area contributed by atoms with E-state index in [1.165, 1.54) is 12.3 Å². The molecule has 0 amide bonds. The molecule has 2 rings (SSSR count). The number of hydrogen-bond donors (Lipinski definition) is 1. The van der Waals surface area contributed by atoms with Gasteiger partial charge in [0.05, 0.1) is 16.0 Å². The maximum atomic E-state index is 10.7. The molecule has 2 heterocycles. The summed E-state index contributed by atoms with van der Waals surface area (Å²) in [6.07, 6.45) is 1.23. The Kier molecular flexibility index (Phi) is 4.18. The summed E-state index contributed by atoms with van der Waals surface area (Å²) in [5.74, 6) is 0.566. The van der Waals surface area contributed by atoms with E-state index in [4.69, 9.17) is 17.3 Å². The van der Waals surface area contributed by atoms with Gasteiger partial charge in [0.15, 0.2) is 0 Å². The molecule has 0 spiro atoms. The lowest BCUT2D eigenvalue weighted by molar-refractivity contribution is -0.385. The number of nitrogens with zero attached hydrogens (tertiary/aromatic N) is 4. The zero-order chi connectivity index (χ0) is 14.0. The maximum absolute atomic E-state index is 10.7. The maximum Gasteiger partial charge on any atom is 0.289 e. The van der Waals surface area contributed by atoms with Crippen LogP contribution in [0.4, 0.5) is 11.5 Å². The summed E-state index contributed by atoms with van der Waals surface area (Å²) in [6, 6.07) is 1.45. The Morgan fingerprint density at radius 2 is 2.37 bits per heavy atom. The summed E-state index contributed by atoms with van der Waals surface area (Å²) in [6.45, 7) is 2.94. The number of nitrogens with two attached hydrogens (primary N) is 1. The number of likely N-dealkylation sites (N-methyl/N-ethyl adjacent to an activating group) is 1. The Bertz CT molecular complexity index is 484. The van der Waals surface area contributed by atoms with Crippen LogP contribution in [-0.4, -0.2) is 54.1 Å². The summed E-state index contributed by atoms with van der Waals surface area (Å²) in [5.41, 5.74) is 5.67. The fourth-order valence-electron chi connectivity index (χ4n) is 2.22. The van der Waals surface area contributed by atoms with Gasteiger partial charge >= 0.3 is 0 Å². The van der Waals surface area contributed by atoms with Crippen LogP contribution in [0, 0.1) is 10.1 Å². The van der Waals surface area contributed by atoms with E-state index in [1.807, 2.05) is 11.9 Å². The molecule has 2 N–H and O–H groups in total. The highest BCUT2D eigenvalue weighted by atomic mass is 35.5. The lowest BCUT2D eigenvalue weighted by Gasteiger charge is -2.40. The number of piperazine rings is 1. The minimum absolute atomic E-state index is 0.104. The topological polar surface area (TPSA) is 88.5 Å². The smallest absolute Gasteiger partial charge is 0.289 e. The highest BCUT2D eigenvalue weighted by Crippen LogP contribution is 2.29. The number of hydrogen-bond acceptors (Lipinski definition) is 6. The third kappa shape index (κ3) is 2.94. The fraction of sp³-hybridized carbons (Fsp3) is 0.545. The van der Waals surface area contributed by atoms with E-state index < -0.39 is 4.92 Å². The third-order valence-electron chi connectivity index (χ3n) is 3.25. The minimum atomic E-state index is -0.507. The fourth-order valence-corrected chi connectivity index (χ4v) is 2.49. The number of aromatic nitrogens is 1. The molecular weight excluding hydrogens is 270 g/mol. The second kappa shape index (κ2) is 5.68. The molecule has 0 saturated carbocycles. The lowest BCUT2D eigenvalue weighted by Crippen LogP contribution is -2.55. The molecule has 1 atom stereocenters. The van der Waals surface area contributed by atoms with Crippen molar-refractivity contribution in [2.24, 2.45) is 5.73 Å². The van der Waals surface area contributed by atoms with Crippen molar-refractivity contribution in [1.29, 1.82) is 0 Å². The Morgan fingerprint density at radius 1 is 1.63 bits per heavy atom.